The van der Waals surface area contributed by atoms with Gasteiger partial charge in [-0.2, -0.15) is 8.42 Å². The van der Waals surface area contributed by atoms with Crippen LogP contribution in [0, 0.1) is 0 Å². The van der Waals surface area contributed by atoms with Crippen LogP contribution in [0.25, 0.3) is 0 Å². The van der Waals surface area contributed by atoms with E-state index in [1.54, 1.807) is 0 Å². The maximum absolute atomic E-state index is 12.9. The van der Waals surface area contributed by atoms with Gasteiger partial charge in [0.2, 0.25) is 0 Å². The molecule has 37 heavy (non-hydrogen) atoms. The van der Waals surface area contributed by atoms with Crippen molar-refractivity contribution in [3.05, 3.63) is 0 Å². The van der Waals surface area contributed by atoms with Crippen LogP contribution in [0.5, 0.6) is 0 Å². The second-order valence-corrected chi connectivity index (χ2v) is 30.6. The van der Waals surface area contributed by atoms with E-state index in [1.165, 1.54) is 70.6 Å². The Morgan fingerprint density at radius 1 is 0.541 bits per heavy atom. The predicted molar refractivity (Wildman–Crippen MR) is 168 cm³/mol. The molecule has 0 unspecified atom stereocenters. The number of hydrogen-bond donors (Lipinski definition) is 0. The topological polar surface area (TPSA) is 83.4 Å². The molecule has 0 heterocycles. The second-order valence-electron chi connectivity index (χ2n) is 13.0. The molecule has 0 saturated heterocycles. The van der Waals surface area contributed by atoms with E-state index in [4.69, 9.17) is 16.8 Å². The van der Waals surface area contributed by atoms with Gasteiger partial charge in [-0.1, -0.05) is 94.5 Å². The van der Waals surface area contributed by atoms with Gasteiger partial charge in [-0.15, -0.1) is 0 Å². The van der Waals surface area contributed by atoms with Crippen LogP contribution >= 0.6 is 7.74 Å². The zero-order valence-electron chi connectivity index (χ0n) is 25.9. The third-order valence-electron chi connectivity index (χ3n) is 5.10. The van der Waals surface area contributed by atoms with Gasteiger partial charge in [0.1, 0.15) is 0 Å². The summed E-state index contributed by atoms with van der Waals surface area (Å²) in [6, 6.07) is 0. The summed E-state index contributed by atoms with van der Waals surface area (Å²) < 4.78 is 54.0. The van der Waals surface area contributed by atoms with E-state index < -0.39 is 43.0 Å². The summed E-state index contributed by atoms with van der Waals surface area (Å²) in [5, 5.41) is 0. The molecule has 0 aromatic heterocycles. The Morgan fingerprint density at radius 2 is 0.838 bits per heavy atom. The molecule has 0 bridgehead atoms. The Morgan fingerprint density at radius 3 is 1.14 bits per heavy atom. The number of hydrogen-bond acceptors (Lipinski definition) is 6. The Hall–Kier alpha value is 0.671. The molecular formula is C25H60NO6PSSi3. The Kier molecular flexibility index (Phi) is 18.5. The largest absolute Gasteiger partial charge is 0.385 e. The van der Waals surface area contributed by atoms with E-state index in [0.29, 0.717) is 6.42 Å². The van der Waals surface area contributed by atoms with Gasteiger partial charge in [-0.25, -0.2) is 0 Å². The van der Waals surface area contributed by atoms with Gasteiger partial charge in [0, 0.05) is 0 Å². The van der Waals surface area contributed by atoms with Crippen LogP contribution in [0.4, 0.5) is 0 Å². The van der Waals surface area contributed by atoms with Crippen LogP contribution in [0.15, 0.2) is 4.15 Å². The lowest BCUT2D eigenvalue weighted by Gasteiger charge is -2.37. The standard InChI is InChI=1S/C25H60NO6PSSi3/c1-11-12-13-14-15-16-17-18-19-20-21-22-23-24-25-29-34(27,28)26-33(30-35(2,3)4,31-36(5,6)7)32-37(8,9)10/h11-25H2,1-10H3. The summed E-state index contributed by atoms with van der Waals surface area (Å²) >= 11 is 0. The van der Waals surface area contributed by atoms with Gasteiger partial charge in [0.25, 0.3) is 0 Å². The van der Waals surface area contributed by atoms with Gasteiger partial charge in [0.15, 0.2) is 25.0 Å². The fourth-order valence-corrected chi connectivity index (χ4v) is 16.3. The average molecular weight is 618 g/mol. The maximum atomic E-state index is 12.9. The predicted octanol–water partition coefficient (Wildman–Crippen LogP) is 10.2. The van der Waals surface area contributed by atoms with Crippen molar-refractivity contribution in [2.75, 3.05) is 6.61 Å². The molecule has 0 radical (unpaired) electrons. The van der Waals surface area contributed by atoms with Crippen molar-refractivity contribution in [1.29, 1.82) is 0 Å². The molecule has 0 spiro atoms. The highest BCUT2D eigenvalue weighted by Crippen LogP contribution is 2.59. The fraction of sp³-hybridized carbons (Fsp3) is 1.00. The summed E-state index contributed by atoms with van der Waals surface area (Å²) in [7, 11) is -14.4. The SMILES string of the molecule is CCCCCCCCCCCCCCCCOS(=O)(=O)N=P(O[Si](C)(C)C)(O[Si](C)(C)C)O[Si](C)(C)C. The molecule has 0 amide bonds. The molecule has 224 valence electrons. The van der Waals surface area contributed by atoms with Crippen LogP contribution in [0.3, 0.4) is 0 Å². The van der Waals surface area contributed by atoms with E-state index in [-0.39, 0.29) is 6.61 Å². The van der Waals surface area contributed by atoms with Crippen LogP contribution in [0.1, 0.15) is 96.8 Å². The molecule has 7 nitrogen and oxygen atoms in total. The normalized spacial score (nSPS) is 13.8. The Labute approximate surface area is 234 Å². The van der Waals surface area contributed by atoms with E-state index >= 15 is 0 Å². The summed E-state index contributed by atoms with van der Waals surface area (Å²) in [4.78, 5) is 0. The smallest absolute Gasteiger partial charge is 0.346 e. The second kappa shape index (κ2) is 18.2. The first-order valence-electron chi connectivity index (χ1n) is 14.5. The molecule has 0 aliphatic carbocycles. The minimum Gasteiger partial charge on any atom is -0.346 e. The van der Waals surface area contributed by atoms with Crippen LogP contribution in [-0.4, -0.2) is 40.0 Å². The van der Waals surface area contributed by atoms with E-state index in [0.717, 1.165) is 12.8 Å². The third kappa shape index (κ3) is 24.2. The lowest BCUT2D eigenvalue weighted by molar-refractivity contribution is 0.305. The summed E-state index contributed by atoms with van der Waals surface area (Å²) in [6.07, 6.45) is 17.4. The molecule has 12 heteroatoms. The van der Waals surface area contributed by atoms with Crippen LogP contribution in [-0.2, 0) is 27.1 Å². The monoisotopic (exact) mass is 617 g/mol. The molecule has 0 saturated carbocycles. The van der Waals surface area contributed by atoms with Crippen LogP contribution in [0.2, 0.25) is 58.9 Å². The Balaban J connectivity index is 4.65. The van der Waals surface area contributed by atoms with Gasteiger partial charge >= 0.3 is 18.0 Å². The van der Waals surface area contributed by atoms with Crippen LogP contribution < -0.4 is 0 Å². The van der Waals surface area contributed by atoms with E-state index in [9.17, 15) is 8.42 Å². The van der Waals surface area contributed by atoms with Crippen molar-refractivity contribution < 1.29 is 25.2 Å². The van der Waals surface area contributed by atoms with Crippen molar-refractivity contribution in [1.82, 2.24) is 0 Å². The quantitative estimate of drug-likeness (QED) is 0.0644. The summed E-state index contributed by atoms with van der Waals surface area (Å²) in [5.41, 5.74) is 0. The van der Waals surface area contributed by atoms with Crippen molar-refractivity contribution in [3.8, 4) is 0 Å². The van der Waals surface area contributed by atoms with Gasteiger partial charge in [-0.05, 0) is 65.3 Å². The molecule has 0 fully saturated rings. The zero-order valence-corrected chi connectivity index (χ0v) is 30.6. The minimum atomic E-state index is -4.21. The molecule has 0 N–H and O–H groups in total. The van der Waals surface area contributed by atoms with Gasteiger partial charge < -0.3 is 12.6 Å². The van der Waals surface area contributed by atoms with Gasteiger partial charge in [0.05, 0.1) is 6.61 Å². The first kappa shape index (κ1) is 37.7. The highest BCUT2D eigenvalue weighted by molar-refractivity contribution is 7.89. The highest BCUT2D eigenvalue weighted by Gasteiger charge is 2.41. The minimum absolute atomic E-state index is 0.122. The molecular weight excluding hydrogens is 558 g/mol. The first-order chi connectivity index (χ1) is 16.9. The fourth-order valence-electron chi connectivity index (χ4n) is 3.75. The van der Waals surface area contributed by atoms with E-state index in [2.05, 4.69) is 11.1 Å². The van der Waals surface area contributed by atoms with Crippen molar-refractivity contribution in [2.24, 2.45) is 4.15 Å². The molecule has 0 atom stereocenters. The molecule has 0 aromatic carbocycles. The molecule has 0 aliphatic rings. The highest BCUT2D eigenvalue weighted by atomic mass is 32.2. The molecule has 0 rings (SSSR count). The summed E-state index contributed by atoms with van der Waals surface area (Å²) in [6.45, 7) is 20.3. The zero-order chi connectivity index (χ0) is 28.6. The lowest BCUT2D eigenvalue weighted by atomic mass is 10.0. The van der Waals surface area contributed by atoms with Crippen molar-refractivity contribution >= 4 is 43.0 Å². The third-order valence-corrected chi connectivity index (χ3v) is 16.5. The van der Waals surface area contributed by atoms with Gasteiger partial charge in [-0.3, -0.25) is 4.18 Å². The lowest BCUT2D eigenvalue weighted by Crippen LogP contribution is -2.35. The average Bonchev–Trinajstić information content (AvgIpc) is 2.66. The molecule has 0 aliphatic heterocycles. The van der Waals surface area contributed by atoms with E-state index in [1.807, 2.05) is 58.9 Å². The number of rotatable bonds is 23. The number of nitrogens with zero attached hydrogens (tertiary/aromatic N) is 1. The van der Waals surface area contributed by atoms with Crippen molar-refractivity contribution in [3.63, 3.8) is 0 Å². The molecule has 0 aromatic rings. The first-order valence-corrected chi connectivity index (χ1v) is 27.6. The summed E-state index contributed by atoms with van der Waals surface area (Å²) in [5.74, 6) is 0. The number of unbranched alkanes of at least 4 members (excludes halogenated alkanes) is 13. The maximum Gasteiger partial charge on any atom is 0.385 e. The Bertz CT molecular complexity index is 714. The van der Waals surface area contributed by atoms with Crippen molar-refractivity contribution in [2.45, 2.75) is 156 Å².